The molecule has 0 spiro atoms. The topological polar surface area (TPSA) is 75.6 Å². The lowest BCUT2D eigenvalue weighted by Crippen LogP contribution is -2.08. The highest BCUT2D eigenvalue weighted by Gasteiger charge is 2.01. The monoisotopic (exact) mass is 306 g/mol. The minimum Gasteiger partial charge on any atom is -0.364 e. The quantitative estimate of drug-likeness (QED) is 0.729. The average molecular weight is 306 g/mol. The van der Waals surface area contributed by atoms with Gasteiger partial charge in [0.2, 0.25) is 5.95 Å². The Hall–Kier alpha value is -3.02. The fraction of sp³-hybridized carbons (Fsp3) is 0.176. The summed E-state index contributed by atoms with van der Waals surface area (Å²) in [7, 11) is 0. The second kappa shape index (κ2) is 7.31. The number of aryl methyl sites for hydroxylation is 1. The van der Waals surface area contributed by atoms with Gasteiger partial charge in [-0.1, -0.05) is 35.9 Å². The Morgan fingerprint density at radius 3 is 2.52 bits per heavy atom. The number of rotatable bonds is 6. The van der Waals surface area contributed by atoms with E-state index >= 15 is 0 Å². The maximum absolute atomic E-state index is 4.40. The summed E-state index contributed by atoms with van der Waals surface area (Å²) in [5, 5.41) is 14.4. The van der Waals surface area contributed by atoms with Crippen LogP contribution in [0.5, 0.6) is 0 Å². The van der Waals surface area contributed by atoms with E-state index in [1.807, 2.05) is 18.3 Å². The van der Waals surface area contributed by atoms with Crippen molar-refractivity contribution in [3.8, 4) is 0 Å². The van der Waals surface area contributed by atoms with Gasteiger partial charge >= 0.3 is 0 Å². The zero-order chi connectivity index (χ0) is 15.9. The molecule has 1 aromatic carbocycles. The predicted octanol–water partition coefficient (Wildman–Crippen LogP) is 2.80. The van der Waals surface area contributed by atoms with E-state index in [-0.39, 0.29) is 0 Å². The van der Waals surface area contributed by atoms with Gasteiger partial charge in [0.05, 0.1) is 6.20 Å². The summed E-state index contributed by atoms with van der Waals surface area (Å²) in [5.41, 5.74) is 3.50. The Morgan fingerprint density at radius 1 is 0.913 bits per heavy atom. The molecule has 0 unspecified atom stereocenters. The molecule has 2 N–H and O–H groups in total. The molecule has 3 rings (SSSR count). The van der Waals surface area contributed by atoms with Crippen LogP contribution in [0, 0.1) is 6.92 Å². The van der Waals surface area contributed by atoms with E-state index in [4.69, 9.17) is 0 Å². The van der Waals surface area contributed by atoms with Crippen molar-refractivity contribution < 1.29 is 0 Å². The van der Waals surface area contributed by atoms with Gasteiger partial charge in [-0.25, -0.2) is 0 Å². The molecule has 6 nitrogen and oxygen atoms in total. The summed E-state index contributed by atoms with van der Waals surface area (Å²) in [6, 6.07) is 12.2. The van der Waals surface area contributed by atoms with Gasteiger partial charge in [-0.05, 0) is 24.1 Å². The van der Waals surface area contributed by atoms with Gasteiger partial charge in [0.1, 0.15) is 0 Å². The number of benzene rings is 1. The van der Waals surface area contributed by atoms with Gasteiger partial charge in [0.15, 0.2) is 5.82 Å². The van der Waals surface area contributed by atoms with E-state index < -0.39 is 0 Å². The summed E-state index contributed by atoms with van der Waals surface area (Å²) >= 11 is 0. The molecule has 0 bridgehead atoms. The van der Waals surface area contributed by atoms with Gasteiger partial charge in [0.25, 0.3) is 0 Å². The second-order valence-corrected chi connectivity index (χ2v) is 5.22. The molecule has 2 heterocycles. The molecule has 6 heteroatoms. The Bertz CT molecular complexity index is 743. The van der Waals surface area contributed by atoms with E-state index in [0.717, 1.165) is 5.56 Å². The third-order valence-electron chi connectivity index (χ3n) is 3.33. The van der Waals surface area contributed by atoms with E-state index in [1.54, 1.807) is 12.4 Å². The van der Waals surface area contributed by atoms with Crippen LogP contribution in [-0.2, 0) is 13.1 Å². The van der Waals surface area contributed by atoms with Gasteiger partial charge in [-0.2, -0.15) is 10.1 Å². The summed E-state index contributed by atoms with van der Waals surface area (Å²) < 4.78 is 0. The van der Waals surface area contributed by atoms with E-state index in [9.17, 15) is 0 Å². The molecule has 0 amide bonds. The summed E-state index contributed by atoms with van der Waals surface area (Å²) in [6.45, 7) is 3.37. The van der Waals surface area contributed by atoms with E-state index in [1.165, 1.54) is 11.1 Å². The minimum absolute atomic E-state index is 0.502. The summed E-state index contributed by atoms with van der Waals surface area (Å²) in [6.07, 6.45) is 5.18. The van der Waals surface area contributed by atoms with Crippen LogP contribution in [0.2, 0.25) is 0 Å². The Morgan fingerprint density at radius 2 is 1.74 bits per heavy atom. The van der Waals surface area contributed by atoms with Gasteiger partial charge in [-0.15, -0.1) is 5.10 Å². The third-order valence-corrected chi connectivity index (χ3v) is 3.33. The molecule has 0 fully saturated rings. The number of hydrogen-bond acceptors (Lipinski definition) is 6. The molecule has 0 aliphatic carbocycles. The molecular formula is C17H18N6. The Labute approximate surface area is 135 Å². The molecule has 2 aromatic heterocycles. The number of aromatic nitrogens is 4. The average Bonchev–Trinajstić information content (AvgIpc) is 2.61. The number of nitrogens with zero attached hydrogens (tertiary/aromatic N) is 4. The van der Waals surface area contributed by atoms with Crippen LogP contribution in [0.25, 0.3) is 0 Å². The molecule has 0 saturated carbocycles. The first kappa shape index (κ1) is 14.9. The van der Waals surface area contributed by atoms with Crippen molar-refractivity contribution in [2.24, 2.45) is 0 Å². The van der Waals surface area contributed by atoms with Gasteiger partial charge in [0, 0.05) is 25.5 Å². The molecule has 0 radical (unpaired) electrons. The first-order valence-corrected chi connectivity index (χ1v) is 7.41. The van der Waals surface area contributed by atoms with Gasteiger partial charge in [-0.3, -0.25) is 4.98 Å². The number of nitrogens with one attached hydrogen (secondary N) is 2. The first-order valence-electron chi connectivity index (χ1n) is 7.41. The minimum atomic E-state index is 0.502. The lowest BCUT2D eigenvalue weighted by atomic mass is 10.1. The number of hydrogen-bond donors (Lipinski definition) is 2. The number of anilines is 2. The lowest BCUT2D eigenvalue weighted by molar-refractivity contribution is 0.936. The van der Waals surface area contributed by atoms with Crippen LogP contribution >= 0.6 is 0 Å². The molecule has 23 heavy (non-hydrogen) atoms. The predicted molar refractivity (Wildman–Crippen MR) is 89.9 cm³/mol. The highest BCUT2D eigenvalue weighted by atomic mass is 15.3. The molecule has 0 aliphatic heterocycles. The van der Waals surface area contributed by atoms with Crippen LogP contribution in [-0.4, -0.2) is 20.2 Å². The molecule has 0 atom stereocenters. The van der Waals surface area contributed by atoms with Crippen LogP contribution in [0.1, 0.15) is 16.7 Å². The normalized spacial score (nSPS) is 10.3. The van der Waals surface area contributed by atoms with Crippen molar-refractivity contribution in [2.45, 2.75) is 20.0 Å². The number of pyridine rings is 1. The fourth-order valence-electron chi connectivity index (χ4n) is 2.05. The standard InChI is InChI=1S/C17H18N6/c1-13-4-6-14(7-5-13)10-20-17-22-16(12-21-23-17)19-11-15-3-2-8-18-9-15/h2-9,12H,10-11H2,1H3,(H2,19,20,22,23). The molecule has 116 valence electrons. The van der Waals surface area contributed by atoms with Crippen molar-refractivity contribution in [3.05, 3.63) is 71.7 Å². The second-order valence-electron chi connectivity index (χ2n) is 5.22. The van der Waals surface area contributed by atoms with Crippen molar-refractivity contribution in [2.75, 3.05) is 10.6 Å². The maximum atomic E-state index is 4.40. The van der Waals surface area contributed by atoms with Crippen LogP contribution in [0.15, 0.2) is 55.0 Å². The molecule has 0 aliphatic rings. The molecular weight excluding hydrogens is 288 g/mol. The fourth-order valence-corrected chi connectivity index (χ4v) is 2.05. The van der Waals surface area contributed by atoms with E-state index in [0.29, 0.717) is 24.9 Å². The molecule has 3 aromatic rings. The highest BCUT2D eigenvalue weighted by Crippen LogP contribution is 2.08. The lowest BCUT2D eigenvalue weighted by Gasteiger charge is -2.08. The summed E-state index contributed by atoms with van der Waals surface area (Å²) in [5.74, 6) is 1.18. The first-order chi connectivity index (χ1) is 11.3. The zero-order valence-corrected chi connectivity index (χ0v) is 12.9. The molecule has 0 saturated heterocycles. The van der Waals surface area contributed by atoms with Crippen LogP contribution in [0.3, 0.4) is 0 Å². The Balaban J connectivity index is 1.57. The van der Waals surface area contributed by atoms with Crippen LogP contribution < -0.4 is 10.6 Å². The van der Waals surface area contributed by atoms with Gasteiger partial charge < -0.3 is 10.6 Å². The van der Waals surface area contributed by atoms with Crippen LogP contribution in [0.4, 0.5) is 11.8 Å². The summed E-state index contributed by atoms with van der Waals surface area (Å²) in [4.78, 5) is 8.49. The van der Waals surface area contributed by atoms with Crippen molar-refractivity contribution in [1.29, 1.82) is 0 Å². The Kier molecular flexibility index (Phi) is 4.73. The SMILES string of the molecule is Cc1ccc(CNc2nncc(NCc3cccnc3)n2)cc1. The van der Waals surface area contributed by atoms with Crippen molar-refractivity contribution in [1.82, 2.24) is 20.2 Å². The zero-order valence-electron chi connectivity index (χ0n) is 12.9. The maximum Gasteiger partial charge on any atom is 0.244 e. The van der Waals surface area contributed by atoms with E-state index in [2.05, 4.69) is 62.0 Å². The smallest absolute Gasteiger partial charge is 0.244 e. The van der Waals surface area contributed by atoms with Crippen molar-refractivity contribution in [3.63, 3.8) is 0 Å². The highest BCUT2D eigenvalue weighted by molar-refractivity contribution is 5.38. The largest absolute Gasteiger partial charge is 0.364 e. The van der Waals surface area contributed by atoms with Crippen molar-refractivity contribution >= 4 is 11.8 Å². The third kappa shape index (κ3) is 4.47.